The van der Waals surface area contributed by atoms with E-state index >= 15 is 0 Å². The van der Waals surface area contributed by atoms with Crippen molar-refractivity contribution in [3.05, 3.63) is 48.4 Å². The smallest absolute Gasteiger partial charge is 0.270 e. The van der Waals surface area contributed by atoms with Crippen LogP contribution in [0.1, 0.15) is 31.3 Å². The Morgan fingerprint density at radius 2 is 1.95 bits per heavy atom. The first-order valence-corrected chi connectivity index (χ1v) is 7.07. The van der Waals surface area contributed by atoms with Crippen LogP contribution >= 0.6 is 0 Å². The van der Waals surface area contributed by atoms with Crippen LogP contribution in [0.4, 0.5) is 11.5 Å². The molecule has 1 aromatic heterocycles. The zero-order chi connectivity index (χ0) is 15.2. The van der Waals surface area contributed by atoms with E-state index in [4.69, 9.17) is 0 Å². The van der Waals surface area contributed by atoms with Gasteiger partial charge in [0.25, 0.3) is 5.91 Å². The number of aromatic nitrogens is 2. The molecule has 1 N–H and O–H groups in total. The van der Waals surface area contributed by atoms with E-state index in [1.54, 1.807) is 6.07 Å². The number of carbonyl (C=O) groups is 1. The Kier molecular flexibility index (Phi) is 4.87. The number of para-hydroxylation sites is 1. The van der Waals surface area contributed by atoms with Gasteiger partial charge in [0.2, 0.25) is 0 Å². The third-order valence-electron chi connectivity index (χ3n) is 2.97. The van der Waals surface area contributed by atoms with Crippen molar-refractivity contribution < 1.29 is 4.79 Å². The van der Waals surface area contributed by atoms with Gasteiger partial charge in [-0.15, -0.1) is 0 Å². The van der Waals surface area contributed by atoms with Crippen molar-refractivity contribution in [2.24, 2.45) is 0 Å². The average molecular weight is 284 g/mol. The molecule has 0 spiro atoms. The molecule has 0 bridgehead atoms. The first-order chi connectivity index (χ1) is 10.1. The Balaban J connectivity index is 2.29. The summed E-state index contributed by atoms with van der Waals surface area (Å²) < 4.78 is 0. The molecule has 0 fully saturated rings. The molecule has 2 aromatic rings. The minimum absolute atomic E-state index is 0.0762. The second-order valence-electron chi connectivity index (χ2n) is 4.97. The van der Waals surface area contributed by atoms with Crippen molar-refractivity contribution >= 4 is 17.4 Å². The highest BCUT2D eigenvalue weighted by Gasteiger charge is 2.13. The van der Waals surface area contributed by atoms with Gasteiger partial charge < -0.3 is 10.2 Å². The first-order valence-electron chi connectivity index (χ1n) is 7.07. The number of carbonyl (C=O) groups excluding carboxylic acids is 1. The largest absolute Gasteiger partial charge is 0.349 e. The Hall–Kier alpha value is -2.43. The van der Waals surface area contributed by atoms with Crippen LogP contribution in [0.25, 0.3) is 0 Å². The highest BCUT2D eigenvalue weighted by molar-refractivity contribution is 5.93. The SMILES string of the molecule is CCN(c1ccccc1)c1cc(C(=O)NC(C)C)ncn1. The first kappa shape index (κ1) is 15.0. The minimum Gasteiger partial charge on any atom is -0.349 e. The van der Waals surface area contributed by atoms with Crippen LogP contribution in [-0.2, 0) is 0 Å². The lowest BCUT2D eigenvalue weighted by molar-refractivity contribution is 0.0938. The van der Waals surface area contributed by atoms with Crippen molar-refractivity contribution in [2.45, 2.75) is 26.8 Å². The summed E-state index contributed by atoms with van der Waals surface area (Å²) in [5.41, 5.74) is 1.41. The summed E-state index contributed by atoms with van der Waals surface area (Å²) >= 11 is 0. The number of hydrogen-bond donors (Lipinski definition) is 1. The molecule has 0 unspecified atom stereocenters. The lowest BCUT2D eigenvalue weighted by Crippen LogP contribution is -2.31. The van der Waals surface area contributed by atoms with Gasteiger partial charge in [-0.25, -0.2) is 9.97 Å². The highest BCUT2D eigenvalue weighted by Crippen LogP contribution is 2.22. The highest BCUT2D eigenvalue weighted by atomic mass is 16.1. The van der Waals surface area contributed by atoms with Crippen molar-refractivity contribution in [2.75, 3.05) is 11.4 Å². The van der Waals surface area contributed by atoms with Crippen LogP contribution in [0.15, 0.2) is 42.7 Å². The number of hydrogen-bond acceptors (Lipinski definition) is 4. The van der Waals surface area contributed by atoms with E-state index in [-0.39, 0.29) is 11.9 Å². The third kappa shape index (κ3) is 3.78. The summed E-state index contributed by atoms with van der Waals surface area (Å²) in [5.74, 6) is 0.533. The van der Waals surface area contributed by atoms with Crippen molar-refractivity contribution in [1.29, 1.82) is 0 Å². The Morgan fingerprint density at radius 3 is 2.57 bits per heavy atom. The Labute approximate surface area is 125 Å². The number of anilines is 2. The molecular formula is C16H20N4O. The van der Waals surface area contributed by atoms with E-state index in [1.165, 1.54) is 6.33 Å². The fourth-order valence-electron chi connectivity index (χ4n) is 2.04. The molecule has 0 radical (unpaired) electrons. The van der Waals surface area contributed by atoms with Crippen LogP contribution in [0.5, 0.6) is 0 Å². The zero-order valence-corrected chi connectivity index (χ0v) is 12.6. The van der Waals surface area contributed by atoms with Gasteiger partial charge in [-0.2, -0.15) is 0 Å². The molecule has 1 amide bonds. The molecule has 1 aromatic carbocycles. The van der Waals surface area contributed by atoms with E-state index < -0.39 is 0 Å². The van der Waals surface area contributed by atoms with E-state index in [1.807, 2.05) is 56.0 Å². The molecule has 110 valence electrons. The van der Waals surface area contributed by atoms with Gasteiger partial charge in [0.1, 0.15) is 17.8 Å². The molecule has 0 atom stereocenters. The normalized spacial score (nSPS) is 10.5. The second-order valence-corrected chi connectivity index (χ2v) is 4.97. The maximum Gasteiger partial charge on any atom is 0.270 e. The molecular weight excluding hydrogens is 264 g/mol. The lowest BCUT2D eigenvalue weighted by atomic mass is 10.2. The Bertz CT molecular complexity index is 598. The molecule has 0 saturated carbocycles. The predicted molar refractivity (Wildman–Crippen MR) is 83.8 cm³/mol. The molecule has 21 heavy (non-hydrogen) atoms. The Morgan fingerprint density at radius 1 is 1.24 bits per heavy atom. The van der Waals surface area contributed by atoms with Crippen LogP contribution in [-0.4, -0.2) is 28.5 Å². The lowest BCUT2D eigenvalue weighted by Gasteiger charge is -2.22. The summed E-state index contributed by atoms with van der Waals surface area (Å²) in [4.78, 5) is 22.4. The molecule has 0 saturated heterocycles. The van der Waals surface area contributed by atoms with E-state index in [0.717, 1.165) is 12.2 Å². The number of rotatable bonds is 5. The van der Waals surface area contributed by atoms with E-state index in [9.17, 15) is 4.79 Å². The molecule has 0 aliphatic carbocycles. The third-order valence-corrected chi connectivity index (χ3v) is 2.97. The molecule has 5 heteroatoms. The number of benzene rings is 1. The van der Waals surface area contributed by atoms with Crippen molar-refractivity contribution in [3.8, 4) is 0 Å². The van der Waals surface area contributed by atoms with Crippen LogP contribution in [0, 0.1) is 0 Å². The van der Waals surface area contributed by atoms with Gasteiger partial charge >= 0.3 is 0 Å². The summed E-state index contributed by atoms with van der Waals surface area (Å²) in [5, 5.41) is 2.84. The van der Waals surface area contributed by atoms with Gasteiger partial charge in [0, 0.05) is 24.3 Å². The number of nitrogens with zero attached hydrogens (tertiary/aromatic N) is 3. The summed E-state index contributed by atoms with van der Waals surface area (Å²) in [6.45, 7) is 6.64. The topological polar surface area (TPSA) is 58.1 Å². The van der Waals surface area contributed by atoms with E-state index in [0.29, 0.717) is 11.5 Å². The quantitative estimate of drug-likeness (QED) is 0.917. The van der Waals surface area contributed by atoms with E-state index in [2.05, 4.69) is 15.3 Å². The molecule has 5 nitrogen and oxygen atoms in total. The van der Waals surface area contributed by atoms with Gasteiger partial charge in [-0.1, -0.05) is 18.2 Å². The predicted octanol–water partition coefficient (Wildman–Crippen LogP) is 2.77. The van der Waals surface area contributed by atoms with Gasteiger partial charge in [0.05, 0.1) is 0 Å². The maximum atomic E-state index is 12.0. The number of nitrogens with one attached hydrogen (secondary N) is 1. The fourth-order valence-corrected chi connectivity index (χ4v) is 2.04. The monoisotopic (exact) mass is 284 g/mol. The molecule has 2 rings (SSSR count). The fraction of sp³-hybridized carbons (Fsp3) is 0.312. The summed E-state index contributed by atoms with van der Waals surface area (Å²) in [6.07, 6.45) is 1.43. The standard InChI is InChI=1S/C16H20N4O/c1-4-20(13-8-6-5-7-9-13)15-10-14(17-11-18-15)16(21)19-12(2)3/h5-12H,4H2,1-3H3,(H,19,21). The molecule has 0 aliphatic rings. The van der Waals surface area contributed by atoms with Crippen LogP contribution < -0.4 is 10.2 Å². The van der Waals surface area contributed by atoms with Gasteiger partial charge in [0.15, 0.2) is 0 Å². The summed E-state index contributed by atoms with van der Waals surface area (Å²) in [7, 11) is 0. The van der Waals surface area contributed by atoms with Crippen molar-refractivity contribution in [3.63, 3.8) is 0 Å². The summed E-state index contributed by atoms with van der Waals surface area (Å²) in [6, 6.07) is 11.7. The van der Waals surface area contributed by atoms with Crippen LogP contribution in [0.2, 0.25) is 0 Å². The second kappa shape index (κ2) is 6.83. The minimum atomic E-state index is -0.183. The average Bonchev–Trinajstić information content (AvgIpc) is 2.49. The molecule has 0 aliphatic heterocycles. The molecule has 1 heterocycles. The number of amides is 1. The van der Waals surface area contributed by atoms with Gasteiger partial charge in [-0.3, -0.25) is 4.79 Å². The van der Waals surface area contributed by atoms with Gasteiger partial charge in [-0.05, 0) is 32.9 Å². The van der Waals surface area contributed by atoms with Crippen molar-refractivity contribution in [1.82, 2.24) is 15.3 Å². The van der Waals surface area contributed by atoms with Crippen LogP contribution in [0.3, 0.4) is 0 Å². The zero-order valence-electron chi connectivity index (χ0n) is 12.6. The maximum absolute atomic E-state index is 12.0.